The van der Waals surface area contributed by atoms with E-state index in [4.69, 9.17) is 4.74 Å². The predicted octanol–water partition coefficient (Wildman–Crippen LogP) is 2.22. The molecule has 1 aliphatic heterocycles. The highest BCUT2D eigenvalue weighted by atomic mass is 32.2. The van der Waals surface area contributed by atoms with E-state index >= 15 is 0 Å². The molecule has 0 aromatic heterocycles. The van der Waals surface area contributed by atoms with Crippen LogP contribution in [-0.2, 0) is 14.8 Å². The summed E-state index contributed by atoms with van der Waals surface area (Å²) in [6, 6.07) is 8.41. The summed E-state index contributed by atoms with van der Waals surface area (Å²) in [5.74, 6) is 0.0982. The van der Waals surface area contributed by atoms with Gasteiger partial charge in [0.1, 0.15) is 5.60 Å². The van der Waals surface area contributed by atoms with Crippen LogP contribution in [0.2, 0.25) is 0 Å². The number of hydrogen-bond acceptors (Lipinski definition) is 4. The minimum atomic E-state index is -3.45. The minimum absolute atomic E-state index is 0.0982. The number of nitrogens with zero attached hydrogens (tertiary/aromatic N) is 1. The van der Waals surface area contributed by atoms with Crippen LogP contribution in [0.5, 0.6) is 0 Å². The topological polar surface area (TPSA) is 75.7 Å². The van der Waals surface area contributed by atoms with E-state index < -0.39 is 21.7 Å². The molecule has 1 saturated heterocycles. The van der Waals surface area contributed by atoms with E-state index in [2.05, 4.69) is 5.32 Å². The molecule has 1 aliphatic rings. The van der Waals surface area contributed by atoms with Crippen molar-refractivity contribution in [1.82, 2.24) is 9.62 Å². The molecular formula is C16H24N2O4S. The summed E-state index contributed by atoms with van der Waals surface area (Å²) in [6.07, 6.45) is 0.254. The molecule has 2 rings (SSSR count). The first-order chi connectivity index (χ1) is 10.7. The molecule has 1 atom stereocenters. The van der Waals surface area contributed by atoms with Crippen LogP contribution in [0.1, 0.15) is 27.2 Å². The second-order valence-electron chi connectivity index (χ2n) is 6.71. The van der Waals surface area contributed by atoms with Crippen LogP contribution in [0, 0.1) is 5.92 Å². The van der Waals surface area contributed by atoms with Gasteiger partial charge in [-0.25, -0.2) is 13.2 Å². The molecule has 1 aromatic rings. The Hall–Kier alpha value is -1.60. The van der Waals surface area contributed by atoms with Gasteiger partial charge in [0.2, 0.25) is 10.0 Å². The summed E-state index contributed by atoms with van der Waals surface area (Å²) in [7, 11) is -3.45. The third kappa shape index (κ3) is 4.94. The van der Waals surface area contributed by atoms with Gasteiger partial charge in [0, 0.05) is 19.6 Å². The van der Waals surface area contributed by atoms with Crippen molar-refractivity contribution >= 4 is 16.1 Å². The van der Waals surface area contributed by atoms with Crippen LogP contribution < -0.4 is 5.32 Å². The normalized spacial score (nSPS) is 19.5. The maximum absolute atomic E-state index is 12.5. The number of hydrogen-bond donors (Lipinski definition) is 1. The van der Waals surface area contributed by atoms with Crippen LogP contribution in [-0.4, -0.2) is 44.1 Å². The molecule has 1 aromatic carbocycles. The van der Waals surface area contributed by atoms with E-state index in [0.29, 0.717) is 24.5 Å². The molecule has 1 heterocycles. The lowest BCUT2D eigenvalue weighted by Gasteiger charge is -2.21. The van der Waals surface area contributed by atoms with Gasteiger partial charge in [0.25, 0.3) is 0 Å². The van der Waals surface area contributed by atoms with E-state index in [-0.39, 0.29) is 5.92 Å². The maximum atomic E-state index is 12.5. The molecule has 0 bridgehead atoms. The van der Waals surface area contributed by atoms with Crippen molar-refractivity contribution in [2.45, 2.75) is 37.7 Å². The molecule has 128 valence electrons. The molecule has 7 heteroatoms. The molecule has 0 spiro atoms. The second kappa shape index (κ2) is 6.88. The van der Waals surface area contributed by atoms with E-state index in [9.17, 15) is 13.2 Å². The first kappa shape index (κ1) is 17.7. The molecule has 1 N–H and O–H groups in total. The third-order valence-electron chi connectivity index (χ3n) is 3.56. The summed E-state index contributed by atoms with van der Waals surface area (Å²) in [4.78, 5) is 12.0. The number of rotatable bonds is 4. The fraction of sp³-hybridized carbons (Fsp3) is 0.562. The molecule has 0 aliphatic carbocycles. The Labute approximate surface area is 137 Å². The van der Waals surface area contributed by atoms with Gasteiger partial charge in [-0.1, -0.05) is 18.2 Å². The van der Waals surface area contributed by atoms with E-state index in [0.717, 1.165) is 6.42 Å². The molecule has 0 saturated carbocycles. The number of benzene rings is 1. The SMILES string of the molecule is CC(C)(C)OC(=O)NC[C@H]1CCN(S(=O)(=O)c2ccccc2)C1. The van der Waals surface area contributed by atoms with Gasteiger partial charge in [0.05, 0.1) is 4.90 Å². The Bertz CT molecular complexity index is 638. The molecule has 1 fully saturated rings. The molecule has 0 unspecified atom stereocenters. The van der Waals surface area contributed by atoms with Gasteiger partial charge in [0.15, 0.2) is 0 Å². The van der Waals surface area contributed by atoms with Crippen molar-refractivity contribution < 1.29 is 17.9 Å². The van der Waals surface area contributed by atoms with Crippen molar-refractivity contribution in [3.05, 3.63) is 30.3 Å². The number of amides is 1. The second-order valence-corrected chi connectivity index (χ2v) is 8.65. The lowest BCUT2D eigenvalue weighted by molar-refractivity contribution is 0.0520. The Balaban J connectivity index is 1.88. The standard InChI is InChI=1S/C16H24N2O4S/c1-16(2,3)22-15(19)17-11-13-9-10-18(12-13)23(20,21)14-7-5-4-6-8-14/h4-8,13H,9-12H2,1-3H3,(H,17,19)/t13-/m1/s1. The highest BCUT2D eigenvalue weighted by molar-refractivity contribution is 7.89. The lowest BCUT2D eigenvalue weighted by atomic mass is 10.1. The molecular weight excluding hydrogens is 316 g/mol. The largest absolute Gasteiger partial charge is 0.444 e. The monoisotopic (exact) mass is 340 g/mol. The quantitative estimate of drug-likeness (QED) is 0.912. The number of carbonyl (C=O) groups is 1. The van der Waals surface area contributed by atoms with E-state index in [1.54, 1.807) is 51.1 Å². The summed E-state index contributed by atoms with van der Waals surface area (Å²) >= 11 is 0. The zero-order chi connectivity index (χ0) is 17.1. The Morgan fingerprint density at radius 3 is 2.57 bits per heavy atom. The highest BCUT2D eigenvalue weighted by Gasteiger charge is 2.32. The Kier molecular flexibility index (Phi) is 5.31. The van der Waals surface area contributed by atoms with Gasteiger partial charge in [-0.05, 0) is 45.2 Å². The number of sulfonamides is 1. The molecule has 6 nitrogen and oxygen atoms in total. The van der Waals surface area contributed by atoms with Gasteiger partial charge in [-0.3, -0.25) is 0 Å². The first-order valence-electron chi connectivity index (χ1n) is 7.70. The minimum Gasteiger partial charge on any atom is -0.444 e. The zero-order valence-corrected chi connectivity index (χ0v) is 14.6. The van der Waals surface area contributed by atoms with Crippen LogP contribution in [0.4, 0.5) is 4.79 Å². The summed E-state index contributed by atoms with van der Waals surface area (Å²) in [5, 5.41) is 2.71. The summed E-state index contributed by atoms with van der Waals surface area (Å²) < 4.78 is 31.7. The smallest absolute Gasteiger partial charge is 0.407 e. The Morgan fingerprint density at radius 2 is 1.96 bits per heavy atom. The van der Waals surface area contributed by atoms with Crippen molar-refractivity contribution in [1.29, 1.82) is 0 Å². The lowest BCUT2D eigenvalue weighted by Crippen LogP contribution is -2.36. The summed E-state index contributed by atoms with van der Waals surface area (Å²) in [5.41, 5.74) is -0.539. The maximum Gasteiger partial charge on any atom is 0.407 e. The fourth-order valence-electron chi connectivity index (χ4n) is 2.47. The number of ether oxygens (including phenoxy) is 1. The Morgan fingerprint density at radius 1 is 1.30 bits per heavy atom. The van der Waals surface area contributed by atoms with Crippen molar-refractivity contribution in [2.24, 2.45) is 5.92 Å². The van der Waals surface area contributed by atoms with Crippen LogP contribution >= 0.6 is 0 Å². The predicted molar refractivity (Wildman–Crippen MR) is 87.5 cm³/mol. The zero-order valence-electron chi connectivity index (χ0n) is 13.8. The van der Waals surface area contributed by atoms with Gasteiger partial charge >= 0.3 is 6.09 Å². The number of carbonyl (C=O) groups excluding carboxylic acids is 1. The van der Waals surface area contributed by atoms with Crippen molar-refractivity contribution in [3.63, 3.8) is 0 Å². The number of nitrogens with one attached hydrogen (secondary N) is 1. The van der Waals surface area contributed by atoms with Crippen LogP contribution in [0.15, 0.2) is 35.2 Å². The first-order valence-corrected chi connectivity index (χ1v) is 9.14. The molecule has 23 heavy (non-hydrogen) atoms. The van der Waals surface area contributed by atoms with Gasteiger partial charge in [-0.15, -0.1) is 0 Å². The summed E-state index contributed by atoms with van der Waals surface area (Å²) in [6.45, 7) is 6.70. The van der Waals surface area contributed by atoms with Gasteiger partial charge < -0.3 is 10.1 Å². The molecule has 0 radical (unpaired) electrons. The molecule has 1 amide bonds. The van der Waals surface area contributed by atoms with Gasteiger partial charge in [-0.2, -0.15) is 4.31 Å². The average molecular weight is 340 g/mol. The van der Waals surface area contributed by atoms with Crippen molar-refractivity contribution in [3.8, 4) is 0 Å². The van der Waals surface area contributed by atoms with Crippen molar-refractivity contribution in [2.75, 3.05) is 19.6 Å². The van der Waals surface area contributed by atoms with Crippen LogP contribution in [0.25, 0.3) is 0 Å². The van der Waals surface area contributed by atoms with E-state index in [1.165, 1.54) is 4.31 Å². The average Bonchev–Trinajstić information content (AvgIpc) is 2.94. The highest BCUT2D eigenvalue weighted by Crippen LogP contribution is 2.23. The van der Waals surface area contributed by atoms with Crippen LogP contribution in [0.3, 0.4) is 0 Å². The number of alkyl carbamates (subject to hydrolysis) is 1. The fourth-order valence-corrected chi connectivity index (χ4v) is 4.02. The third-order valence-corrected chi connectivity index (χ3v) is 5.44. The van der Waals surface area contributed by atoms with E-state index in [1.807, 2.05) is 0 Å².